The van der Waals surface area contributed by atoms with Gasteiger partial charge in [0.05, 0.1) is 26.2 Å². The summed E-state index contributed by atoms with van der Waals surface area (Å²) in [6, 6.07) is 26.6. The van der Waals surface area contributed by atoms with E-state index in [1.54, 1.807) is 14.2 Å². The van der Waals surface area contributed by atoms with Crippen molar-refractivity contribution in [2.75, 3.05) is 27.3 Å². The first-order chi connectivity index (χ1) is 16.6. The molecule has 1 saturated heterocycles. The maximum atomic E-state index is 13.4. The predicted molar refractivity (Wildman–Crippen MR) is 135 cm³/mol. The smallest absolute Gasteiger partial charge is 0.224 e. The lowest BCUT2D eigenvalue weighted by molar-refractivity contribution is -0.127. The standard InChI is InChI=1S/C29H34N2O3/c1-21(23-10-6-4-7-11-23)30-29(32)26-16-25(24-12-8-5-9-13-24)19-31(20-26)18-22-14-27(33-2)17-28(15-22)34-3/h4-15,17,21,25-26H,16,18-20H2,1-3H3,(H,30,32). The number of hydrogen-bond acceptors (Lipinski definition) is 4. The highest BCUT2D eigenvalue weighted by molar-refractivity contribution is 5.79. The molecule has 0 aliphatic carbocycles. The number of ether oxygens (including phenoxy) is 2. The molecule has 1 amide bonds. The number of likely N-dealkylation sites (tertiary alicyclic amines) is 1. The summed E-state index contributed by atoms with van der Waals surface area (Å²) in [5, 5.41) is 3.25. The summed E-state index contributed by atoms with van der Waals surface area (Å²) in [4.78, 5) is 15.8. The van der Waals surface area contributed by atoms with E-state index in [1.165, 1.54) is 5.56 Å². The Bertz CT molecular complexity index is 1050. The number of carbonyl (C=O) groups excluding carboxylic acids is 1. The van der Waals surface area contributed by atoms with E-state index >= 15 is 0 Å². The van der Waals surface area contributed by atoms with Crippen LogP contribution in [0.25, 0.3) is 0 Å². The van der Waals surface area contributed by atoms with Gasteiger partial charge in [0.25, 0.3) is 0 Å². The molecular formula is C29H34N2O3. The lowest BCUT2D eigenvalue weighted by Gasteiger charge is -2.38. The summed E-state index contributed by atoms with van der Waals surface area (Å²) >= 11 is 0. The zero-order chi connectivity index (χ0) is 23.9. The van der Waals surface area contributed by atoms with Gasteiger partial charge >= 0.3 is 0 Å². The summed E-state index contributed by atoms with van der Waals surface area (Å²) in [7, 11) is 3.33. The van der Waals surface area contributed by atoms with Gasteiger partial charge < -0.3 is 14.8 Å². The molecule has 0 saturated carbocycles. The molecule has 178 valence electrons. The summed E-state index contributed by atoms with van der Waals surface area (Å²) in [6.07, 6.45) is 0.843. The fourth-order valence-corrected chi connectivity index (χ4v) is 4.85. The number of methoxy groups -OCH3 is 2. The third-order valence-corrected chi connectivity index (χ3v) is 6.64. The molecule has 3 aromatic rings. The minimum atomic E-state index is -0.0855. The van der Waals surface area contributed by atoms with Crippen LogP contribution in [0.4, 0.5) is 0 Å². The average Bonchev–Trinajstić information content (AvgIpc) is 2.89. The maximum absolute atomic E-state index is 13.4. The van der Waals surface area contributed by atoms with Crippen molar-refractivity contribution < 1.29 is 14.3 Å². The van der Waals surface area contributed by atoms with Gasteiger partial charge in [0.2, 0.25) is 5.91 Å². The number of piperidine rings is 1. The molecule has 3 unspecified atom stereocenters. The van der Waals surface area contributed by atoms with Crippen LogP contribution in [0, 0.1) is 5.92 Å². The molecule has 5 heteroatoms. The minimum Gasteiger partial charge on any atom is -0.497 e. The van der Waals surface area contributed by atoms with Crippen molar-refractivity contribution in [2.45, 2.75) is 31.8 Å². The SMILES string of the molecule is COc1cc(CN2CC(C(=O)NC(C)c3ccccc3)CC(c3ccccc3)C2)cc(OC)c1. The number of benzene rings is 3. The molecule has 3 atom stereocenters. The Kier molecular flexibility index (Phi) is 7.86. The van der Waals surface area contributed by atoms with Gasteiger partial charge in [-0.05, 0) is 48.1 Å². The highest BCUT2D eigenvalue weighted by Crippen LogP contribution is 2.32. The Morgan fingerprint density at radius 2 is 1.56 bits per heavy atom. The zero-order valence-corrected chi connectivity index (χ0v) is 20.2. The largest absolute Gasteiger partial charge is 0.497 e. The van der Waals surface area contributed by atoms with Crippen LogP contribution in [0.3, 0.4) is 0 Å². The molecule has 5 nitrogen and oxygen atoms in total. The number of hydrogen-bond donors (Lipinski definition) is 1. The second-order valence-corrected chi connectivity index (χ2v) is 9.10. The normalized spacial score (nSPS) is 19.3. The Balaban J connectivity index is 1.53. The molecule has 1 fully saturated rings. The molecule has 1 aliphatic rings. The maximum Gasteiger partial charge on any atom is 0.224 e. The van der Waals surface area contributed by atoms with Gasteiger partial charge in [0.15, 0.2) is 0 Å². The van der Waals surface area contributed by atoms with E-state index in [2.05, 4.69) is 46.6 Å². The van der Waals surface area contributed by atoms with E-state index in [0.717, 1.165) is 48.7 Å². The van der Waals surface area contributed by atoms with Gasteiger partial charge in [0.1, 0.15) is 11.5 Å². The molecule has 4 rings (SSSR count). The lowest BCUT2D eigenvalue weighted by Crippen LogP contribution is -2.45. The van der Waals surface area contributed by atoms with Crippen molar-refractivity contribution >= 4 is 5.91 Å². The quantitative estimate of drug-likeness (QED) is 0.505. The van der Waals surface area contributed by atoms with Gasteiger partial charge in [-0.2, -0.15) is 0 Å². The number of nitrogens with one attached hydrogen (secondary N) is 1. The molecule has 3 aromatic carbocycles. The highest BCUT2D eigenvalue weighted by Gasteiger charge is 2.33. The molecule has 0 aromatic heterocycles. The van der Waals surface area contributed by atoms with Gasteiger partial charge in [-0.15, -0.1) is 0 Å². The van der Waals surface area contributed by atoms with E-state index in [0.29, 0.717) is 5.92 Å². The van der Waals surface area contributed by atoms with Crippen molar-refractivity contribution in [3.8, 4) is 11.5 Å². The molecule has 1 heterocycles. The highest BCUT2D eigenvalue weighted by atomic mass is 16.5. The predicted octanol–water partition coefficient (Wildman–Crippen LogP) is 5.19. The third kappa shape index (κ3) is 5.97. The van der Waals surface area contributed by atoms with Crippen LogP contribution in [0.2, 0.25) is 0 Å². The molecule has 1 N–H and O–H groups in total. The van der Waals surface area contributed by atoms with Crippen LogP contribution in [-0.2, 0) is 11.3 Å². The van der Waals surface area contributed by atoms with Crippen molar-refractivity contribution in [2.24, 2.45) is 5.92 Å². The van der Waals surface area contributed by atoms with Gasteiger partial charge in [-0.3, -0.25) is 9.69 Å². The van der Waals surface area contributed by atoms with E-state index in [1.807, 2.05) is 49.4 Å². The Hall–Kier alpha value is -3.31. The third-order valence-electron chi connectivity index (χ3n) is 6.64. The van der Waals surface area contributed by atoms with Gasteiger partial charge in [0, 0.05) is 25.7 Å². The number of amides is 1. The molecule has 34 heavy (non-hydrogen) atoms. The molecule has 0 bridgehead atoms. The second-order valence-electron chi connectivity index (χ2n) is 9.10. The van der Waals surface area contributed by atoms with Crippen LogP contribution >= 0.6 is 0 Å². The first-order valence-corrected chi connectivity index (χ1v) is 11.9. The van der Waals surface area contributed by atoms with Crippen molar-refractivity contribution in [3.05, 3.63) is 95.6 Å². The number of carbonyl (C=O) groups is 1. The lowest BCUT2D eigenvalue weighted by atomic mass is 9.83. The van der Waals surface area contributed by atoms with Crippen LogP contribution in [0.1, 0.15) is 42.0 Å². The van der Waals surface area contributed by atoms with Crippen molar-refractivity contribution in [3.63, 3.8) is 0 Å². The summed E-state index contributed by atoms with van der Waals surface area (Å²) < 4.78 is 10.9. The summed E-state index contributed by atoms with van der Waals surface area (Å²) in [6.45, 7) is 4.40. The first kappa shape index (κ1) is 23.8. The molecule has 1 aliphatic heterocycles. The fourth-order valence-electron chi connectivity index (χ4n) is 4.85. The fraction of sp³-hybridized carbons (Fsp3) is 0.345. The zero-order valence-electron chi connectivity index (χ0n) is 20.2. The van der Waals surface area contributed by atoms with Crippen molar-refractivity contribution in [1.29, 1.82) is 0 Å². The first-order valence-electron chi connectivity index (χ1n) is 11.9. The van der Waals surface area contributed by atoms with Crippen LogP contribution in [-0.4, -0.2) is 38.1 Å². The Morgan fingerprint density at radius 1 is 0.941 bits per heavy atom. The van der Waals surface area contributed by atoms with E-state index in [4.69, 9.17) is 9.47 Å². The minimum absolute atomic E-state index is 0.0260. The molecule has 0 spiro atoms. The Labute approximate surface area is 202 Å². The number of nitrogens with zero attached hydrogens (tertiary/aromatic N) is 1. The topological polar surface area (TPSA) is 50.8 Å². The van der Waals surface area contributed by atoms with E-state index in [9.17, 15) is 4.79 Å². The van der Waals surface area contributed by atoms with E-state index in [-0.39, 0.29) is 17.9 Å². The summed E-state index contributed by atoms with van der Waals surface area (Å²) in [5.41, 5.74) is 3.51. The summed E-state index contributed by atoms with van der Waals surface area (Å²) in [5.74, 6) is 1.88. The molecule has 0 radical (unpaired) electrons. The van der Waals surface area contributed by atoms with Crippen LogP contribution in [0.15, 0.2) is 78.9 Å². The van der Waals surface area contributed by atoms with E-state index < -0.39 is 0 Å². The Morgan fingerprint density at radius 3 is 2.18 bits per heavy atom. The second kappa shape index (κ2) is 11.2. The average molecular weight is 459 g/mol. The van der Waals surface area contributed by atoms with Gasteiger partial charge in [-0.25, -0.2) is 0 Å². The van der Waals surface area contributed by atoms with Crippen LogP contribution in [0.5, 0.6) is 11.5 Å². The van der Waals surface area contributed by atoms with Gasteiger partial charge in [-0.1, -0.05) is 60.7 Å². The van der Waals surface area contributed by atoms with Crippen molar-refractivity contribution in [1.82, 2.24) is 10.2 Å². The number of rotatable bonds is 8. The van der Waals surface area contributed by atoms with Crippen LogP contribution < -0.4 is 14.8 Å². The monoisotopic (exact) mass is 458 g/mol. The molecular weight excluding hydrogens is 424 g/mol.